The molecule has 0 fully saturated rings. The van der Waals surface area contributed by atoms with E-state index >= 15 is 0 Å². The molecule has 0 aliphatic carbocycles. The lowest BCUT2D eigenvalue weighted by Gasteiger charge is -2.12. The van der Waals surface area contributed by atoms with Gasteiger partial charge in [0.15, 0.2) is 0 Å². The van der Waals surface area contributed by atoms with Gasteiger partial charge in [-0.25, -0.2) is 0 Å². The zero-order valence-electron chi connectivity index (χ0n) is 15.2. The smallest absolute Gasteiger partial charge is 0.251 e. The van der Waals surface area contributed by atoms with Crippen LogP contribution in [0.1, 0.15) is 27.0 Å². The second kappa shape index (κ2) is 8.18. The number of carbonyl (C=O) groups excluding carboxylic acids is 1. The Labute approximate surface area is 163 Å². The van der Waals surface area contributed by atoms with E-state index in [9.17, 15) is 4.79 Å². The molecular weight excluding hydrogens is 350 g/mol. The van der Waals surface area contributed by atoms with Gasteiger partial charge >= 0.3 is 0 Å². The lowest BCUT2D eigenvalue weighted by Crippen LogP contribution is -2.23. The van der Waals surface area contributed by atoms with Crippen molar-refractivity contribution in [3.63, 3.8) is 0 Å². The first-order chi connectivity index (χ1) is 13.5. The molecule has 3 aromatic carbocycles. The van der Waals surface area contributed by atoms with Crippen LogP contribution < -0.4 is 16.8 Å². The molecule has 0 atom stereocenters. The maximum absolute atomic E-state index is 12.4. The minimum absolute atomic E-state index is 0.0305. The van der Waals surface area contributed by atoms with Crippen LogP contribution >= 0.6 is 0 Å². The average Bonchev–Trinajstić information content (AvgIpc) is 2.72. The topological polar surface area (TPSA) is 129 Å². The van der Waals surface area contributed by atoms with E-state index in [0.717, 1.165) is 16.7 Å². The molecule has 0 unspecified atom stereocenters. The number of amides is 1. The molecule has 3 rings (SSSR count). The van der Waals surface area contributed by atoms with Crippen LogP contribution in [0.25, 0.3) is 11.1 Å². The van der Waals surface area contributed by atoms with Crippen LogP contribution in [0.5, 0.6) is 0 Å². The zero-order chi connectivity index (χ0) is 20.1. The van der Waals surface area contributed by atoms with Crippen molar-refractivity contribution < 1.29 is 4.79 Å². The van der Waals surface area contributed by atoms with Crippen LogP contribution in [0.3, 0.4) is 0 Å². The molecule has 140 valence electrons. The Morgan fingerprint density at radius 2 is 1.25 bits per heavy atom. The summed E-state index contributed by atoms with van der Waals surface area (Å²) in [5, 5.41) is 17.8. The fourth-order valence-corrected chi connectivity index (χ4v) is 2.86. The van der Waals surface area contributed by atoms with E-state index < -0.39 is 0 Å². The Bertz CT molecular complexity index is 1020. The van der Waals surface area contributed by atoms with Gasteiger partial charge in [0.25, 0.3) is 5.91 Å². The standard InChI is InChI=1S/C22H21N5O/c23-20(24)15-7-5-14(6-8-15)19-4-2-1-3-18(19)13-27-22(28)17-11-9-16(10-12-17)21(25)26/h1-12H,13H2,(H3,23,24)(H3,25,26)(H,27,28). The van der Waals surface area contributed by atoms with E-state index in [0.29, 0.717) is 23.2 Å². The molecule has 7 N–H and O–H groups in total. The Morgan fingerprint density at radius 1 is 0.750 bits per heavy atom. The van der Waals surface area contributed by atoms with Crippen molar-refractivity contribution in [2.45, 2.75) is 6.54 Å². The van der Waals surface area contributed by atoms with Crippen LogP contribution in [0.15, 0.2) is 72.8 Å². The van der Waals surface area contributed by atoms with E-state index in [1.165, 1.54) is 0 Å². The number of carbonyl (C=O) groups is 1. The van der Waals surface area contributed by atoms with Crippen molar-refractivity contribution in [2.75, 3.05) is 0 Å². The number of hydrogen-bond donors (Lipinski definition) is 5. The van der Waals surface area contributed by atoms with Gasteiger partial charge in [0.1, 0.15) is 11.7 Å². The molecule has 0 radical (unpaired) electrons. The lowest BCUT2D eigenvalue weighted by atomic mass is 9.98. The van der Waals surface area contributed by atoms with Crippen LogP contribution in [0, 0.1) is 10.8 Å². The zero-order valence-corrected chi connectivity index (χ0v) is 15.2. The van der Waals surface area contributed by atoms with Crippen molar-refractivity contribution in [1.82, 2.24) is 5.32 Å². The first kappa shape index (κ1) is 18.8. The average molecular weight is 371 g/mol. The SMILES string of the molecule is N=C(N)c1ccc(C(=O)NCc2ccccc2-c2ccc(C(=N)N)cc2)cc1. The Balaban J connectivity index is 1.75. The summed E-state index contributed by atoms with van der Waals surface area (Å²) in [6, 6.07) is 21.9. The highest BCUT2D eigenvalue weighted by Crippen LogP contribution is 2.24. The fraction of sp³-hybridized carbons (Fsp3) is 0.0455. The van der Waals surface area contributed by atoms with Gasteiger partial charge in [-0.1, -0.05) is 60.7 Å². The maximum Gasteiger partial charge on any atom is 0.251 e. The molecule has 0 spiro atoms. The highest BCUT2D eigenvalue weighted by atomic mass is 16.1. The van der Waals surface area contributed by atoms with Gasteiger partial charge in [-0.05, 0) is 28.8 Å². The van der Waals surface area contributed by atoms with Crippen molar-refractivity contribution in [3.8, 4) is 11.1 Å². The Kier molecular flexibility index (Phi) is 5.50. The van der Waals surface area contributed by atoms with Crippen LogP contribution in [-0.2, 0) is 6.54 Å². The summed E-state index contributed by atoms with van der Waals surface area (Å²) in [6.07, 6.45) is 0. The number of amidine groups is 2. The lowest BCUT2D eigenvalue weighted by molar-refractivity contribution is 0.0951. The van der Waals surface area contributed by atoms with E-state index in [4.69, 9.17) is 22.3 Å². The van der Waals surface area contributed by atoms with Crippen LogP contribution in [-0.4, -0.2) is 17.6 Å². The highest BCUT2D eigenvalue weighted by molar-refractivity contribution is 5.98. The predicted octanol–water partition coefficient (Wildman–Crippen LogP) is 2.85. The maximum atomic E-state index is 12.4. The van der Waals surface area contributed by atoms with Crippen molar-refractivity contribution in [3.05, 3.63) is 95.1 Å². The number of nitrogens with two attached hydrogens (primary N) is 2. The molecule has 3 aromatic rings. The molecule has 0 aliphatic heterocycles. The first-order valence-corrected chi connectivity index (χ1v) is 8.71. The van der Waals surface area contributed by atoms with E-state index in [1.54, 1.807) is 24.3 Å². The second-order valence-electron chi connectivity index (χ2n) is 6.32. The third-order valence-corrected chi connectivity index (χ3v) is 4.42. The van der Waals surface area contributed by atoms with E-state index in [1.807, 2.05) is 48.5 Å². The number of rotatable bonds is 6. The molecule has 0 aromatic heterocycles. The summed E-state index contributed by atoms with van der Waals surface area (Å²) in [5.41, 5.74) is 15.7. The second-order valence-corrected chi connectivity index (χ2v) is 6.32. The number of nitrogen functional groups attached to an aromatic ring is 2. The van der Waals surface area contributed by atoms with Crippen LogP contribution in [0.2, 0.25) is 0 Å². The Hall–Kier alpha value is -3.93. The normalized spacial score (nSPS) is 10.3. The molecule has 0 aliphatic rings. The summed E-state index contributed by atoms with van der Waals surface area (Å²) in [7, 11) is 0. The van der Waals surface area contributed by atoms with E-state index in [2.05, 4.69) is 5.32 Å². The van der Waals surface area contributed by atoms with Crippen molar-refractivity contribution in [2.24, 2.45) is 11.5 Å². The molecule has 1 amide bonds. The molecule has 0 saturated carbocycles. The summed E-state index contributed by atoms with van der Waals surface area (Å²) >= 11 is 0. The number of hydrogen-bond acceptors (Lipinski definition) is 3. The van der Waals surface area contributed by atoms with Gasteiger partial charge in [-0.15, -0.1) is 0 Å². The van der Waals surface area contributed by atoms with E-state index in [-0.39, 0.29) is 17.6 Å². The minimum Gasteiger partial charge on any atom is -0.384 e. The summed E-state index contributed by atoms with van der Waals surface area (Å²) in [4.78, 5) is 12.4. The third-order valence-electron chi connectivity index (χ3n) is 4.42. The van der Waals surface area contributed by atoms with Gasteiger partial charge < -0.3 is 16.8 Å². The first-order valence-electron chi connectivity index (χ1n) is 8.71. The Morgan fingerprint density at radius 3 is 1.82 bits per heavy atom. The fourth-order valence-electron chi connectivity index (χ4n) is 2.86. The predicted molar refractivity (Wildman–Crippen MR) is 112 cm³/mol. The van der Waals surface area contributed by atoms with Gasteiger partial charge in [0.2, 0.25) is 0 Å². The van der Waals surface area contributed by atoms with Crippen molar-refractivity contribution in [1.29, 1.82) is 10.8 Å². The van der Waals surface area contributed by atoms with Gasteiger partial charge in [-0.3, -0.25) is 15.6 Å². The molecular formula is C22H21N5O. The van der Waals surface area contributed by atoms with Crippen molar-refractivity contribution >= 4 is 17.6 Å². The summed E-state index contributed by atoms with van der Waals surface area (Å²) < 4.78 is 0. The quantitative estimate of drug-likeness (QED) is 0.337. The molecule has 28 heavy (non-hydrogen) atoms. The van der Waals surface area contributed by atoms with Crippen LogP contribution in [0.4, 0.5) is 0 Å². The molecule has 0 bridgehead atoms. The molecule has 0 saturated heterocycles. The minimum atomic E-state index is -0.197. The highest BCUT2D eigenvalue weighted by Gasteiger charge is 2.09. The number of benzene rings is 3. The number of nitrogens with one attached hydrogen (secondary N) is 3. The summed E-state index contributed by atoms with van der Waals surface area (Å²) in [5.74, 6) is -0.198. The third kappa shape index (κ3) is 4.24. The summed E-state index contributed by atoms with van der Waals surface area (Å²) in [6.45, 7) is 0.373. The van der Waals surface area contributed by atoms with Gasteiger partial charge in [0.05, 0.1) is 0 Å². The molecule has 6 heteroatoms. The monoisotopic (exact) mass is 371 g/mol. The molecule has 6 nitrogen and oxygen atoms in total. The largest absolute Gasteiger partial charge is 0.384 e. The van der Waals surface area contributed by atoms with Gasteiger partial charge in [-0.2, -0.15) is 0 Å². The molecule has 0 heterocycles. The van der Waals surface area contributed by atoms with Gasteiger partial charge in [0, 0.05) is 23.2 Å².